The first-order valence-electron chi connectivity index (χ1n) is 0.475. The van der Waals surface area contributed by atoms with Crippen molar-refractivity contribution in [2.24, 2.45) is 0 Å². The topological polar surface area (TPSA) is 34.1 Å². The molecule has 0 radical (unpaired) electrons. The SMILES string of the molecule is [O]=[Mn][Te+]=O. The van der Waals surface area contributed by atoms with Crippen LogP contribution in [-0.4, -0.2) is 18.7 Å². The fourth-order valence-corrected chi connectivity index (χ4v) is 0. The van der Waals surface area contributed by atoms with Crippen LogP contribution in [0, 0.1) is 0 Å². The molecule has 4 heavy (non-hydrogen) atoms. The fraction of sp³-hybridized carbons (Fsp3) is 0. The molecule has 0 saturated heterocycles. The first kappa shape index (κ1) is 4.91. The van der Waals surface area contributed by atoms with Gasteiger partial charge in [-0.05, 0) is 0 Å². The van der Waals surface area contributed by atoms with Gasteiger partial charge in [-0.25, -0.2) is 0 Å². The number of hydrogen-bond acceptors (Lipinski definition) is 2. The average molecular weight is 215 g/mol. The molecule has 0 aromatic rings. The Hall–Kier alpha value is 0.909. The maximum atomic E-state index is 9.13. The van der Waals surface area contributed by atoms with Gasteiger partial charge in [0, 0.05) is 0 Å². The minimum atomic E-state index is -1.29. The van der Waals surface area contributed by atoms with E-state index in [9.17, 15) is 0 Å². The van der Waals surface area contributed by atoms with E-state index in [1.807, 2.05) is 0 Å². The Morgan fingerprint density at radius 1 is 1.75 bits per heavy atom. The Labute approximate surface area is 37.4 Å². The van der Waals surface area contributed by atoms with Gasteiger partial charge >= 0.3 is 37.3 Å². The van der Waals surface area contributed by atoms with Gasteiger partial charge in [0.15, 0.2) is 0 Å². The standard InChI is InChI=1S/Mn.OTe.O/c;1-2;/q+1;;. The molecule has 0 saturated carbocycles. The molecule has 4 heteroatoms. The van der Waals surface area contributed by atoms with Gasteiger partial charge in [-0.3, -0.25) is 0 Å². The third-order valence-corrected chi connectivity index (χ3v) is 0.711. The first-order chi connectivity index (χ1) is 1.91. The molecule has 0 aliphatic heterocycles. The monoisotopic (exact) mass is 217 g/mol. The van der Waals surface area contributed by atoms with Gasteiger partial charge in [-0.1, -0.05) is 0 Å². The molecule has 0 rings (SSSR count). The average Bonchev–Trinajstić information content (AvgIpc) is 1.37. The molecule has 0 N–H and O–H groups in total. The zero-order chi connectivity index (χ0) is 3.41. The van der Waals surface area contributed by atoms with Crippen LogP contribution in [0.5, 0.6) is 0 Å². The van der Waals surface area contributed by atoms with Crippen LogP contribution in [0.3, 0.4) is 0 Å². The molecule has 0 atom stereocenters. The molecule has 0 aromatic carbocycles. The van der Waals surface area contributed by atoms with E-state index in [-0.39, 0.29) is 0 Å². The summed E-state index contributed by atoms with van der Waals surface area (Å²) in [4.78, 5) is 0. The van der Waals surface area contributed by atoms with Gasteiger partial charge in [0.25, 0.3) is 0 Å². The van der Waals surface area contributed by atoms with Crippen molar-refractivity contribution in [1.29, 1.82) is 0 Å². The summed E-state index contributed by atoms with van der Waals surface area (Å²) in [5.74, 6) is 0. The van der Waals surface area contributed by atoms with Crippen LogP contribution in [0.2, 0.25) is 0 Å². The summed E-state index contributed by atoms with van der Waals surface area (Å²) in [7, 11) is 0. The van der Waals surface area contributed by atoms with E-state index in [0.717, 1.165) is 0 Å². The molecular formula is MnO2Te+. The third-order valence-electron chi connectivity index (χ3n) is 0.0257. The second-order valence-electron chi connectivity index (χ2n) is 0.126. The summed E-state index contributed by atoms with van der Waals surface area (Å²) in [5.41, 5.74) is 0. The summed E-state index contributed by atoms with van der Waals surface area (Å²) < 4.78 is 18.2. The predicted octanol–water partition coefficient (Wildman–Crippen LogP) is -0.621. The van der Waals surface area contributed by atoms with Crippen molar-refractivity contribution in [1.82, 2.24) is 0 Å². The van der Waals surface area contributed by atoms with Gasteiger partial charge in [0.1, 0.15) is 0 Å². The molecule has 0 aliphatic carbocycles. The van der Waals surface area contributed by atoms with E-state index in [4.69, 9.17) is 6.94 Å². The molecule has 0 fully saturated rings. The first-order valence-corrected chi connectivity index (χ1v) is 6.02. The Morgan fingerprint density at radius 3 is 2.00 bits per heavy atom. The van der Waals surface area contributed by atoms with Gasteiger partial charge < -0.3 is 0 Å². The molecule has 24 valence electrons. The van der Waals surface area contributed by atoms with E-state index < -0.39 is 30.4 Å². The second-order valence-corrected chi connectivity index (χ2v) is 3.48. The predicted molar refractivity (Wildman–Crippen MR) is 7.13 cm³/mol. The normalized spacial score (nSPS) is 6.00. The van der Waals surface area contributed by atoms with Crippen molar-refractivity contribution in [2.45, 2.75) is 0 Å². The molecule has 0 unspecified atom stereocenters. The van der Waals surface area contributed by atoms with Gasteiger partial charge in [0.05, 0.1) is 0 Å². The summed E-state index contributed by atoms with van der Waals surface area (Å²) in [6.45, 7) is 0. The van der Waals surface area contributed by atoms with Crippen molar-refractivity contribution in [3.8, 4) is 0 Å². The minimum absolute atomic E-state index is 0.558. The van der Waals surface area contributed by atoms with Crippen molar-refractivity contribution in [3.05, 3.63) is 0 Å². The second kappa shape index (κ2) is 3.91. The summed E-state index contributed by atoms with van der Waals surface area (Å²) in [5, 5.41) is 0. The Kier molecular flexibility index (Phi) is 4.80. The van der Waals surface area contributed by atoms with E-state index in [0.29, 0.717) is 0 Å². The molecule has 0 aromatic heterocycles. The maximum absolute atomic E-state index is 9.13. The van der Waals surface area contributed by atoms with Crippen molar-refractivity contribution in [3.63, 3.8) is 0 Å². The van der Waals surface area contributed by atoms with Crippen LogP contribution < -0.4 is 0 Å². The molecule has 0 amide bonds. The quantitative estimate of drug-likeness (QED) is 0.545. The zero-order valence-electron chi connectivity index (χ0n) is 1.60. The molecule has 0 aliphatic rings. The van der Waals surface area contributed by atoms with Gasteiger partial charge in [-0.15, -0.1) is 0 Å². The molecule has 0 heterocycles. The summed E-state index contributed by atoms with van der Waals surface area (Å²) in [6.07, 6.45) is 0. The van der Waals surface area contributed by atoms with Gasteiger partial charge in [0.2, 0.25) is 0 Å². The fourth-order valence-electron chi connectivity index (χ4n) is 0. The van der Waals surface area contributed by atoms with Crippen LogP contribution in [0.25, 0.3) is 0 Å². The summed E-state index contributed by atoms with van der Waals surface area (Å²) in [6, 6.07) is 0. The molecule has 0 bridgehead atoms. The Morgan fingerprint density at radius 2 is 2.00 bits per heavy atom. The van der Waals surface area contributed by atoms with E-state index in [1.165, 1.54) is 0 Å². The van der Waals surface area contributed by atoms with Crippen LogP contribution in [0.4, 0.5) is 0 Å². The van der Waals surface area contributed by atoms with Crippen molar-refractivity contribution < 1.29 is 18.6 Å². The van der Waals surface area contributed by atoms with Crippen molar-refractivity contribution >= 4 is 18.7 Å². The molecular weight excluding hydrogens is 215 g/mol. The van der Waals surface area contributed by atoms with Crippen LogP contribution in [-0.2, 0) is 18.6 Å². The number of rotatable bonds is 1. The van der Waals surface area contributed by atoms with E-state index in [1.54, 1.807) is 0 Å². The van der Waals surface area contributed by atoms with Gasteiger partial charge in [-0.2, -0.15) is 0 Å². The third kappa shape index (κ3) is 2.91. The van der Waals surface area contributed by atoms with Crippen molar-refractivity contribution in [2.75, 3.05) is 0 Å². The van der Waals surface area contributed by atoms with E-state index in [2.05, 4.69) is 0 Å². The Bertz CT molecular complexity index is 27.0. The zero-order valence-corrected chi connectivity index (χ0v) is 5.11. The number of hydrogen-bond donors (Lipinski definition) is 0. The van der Waals surface area contributed by atoms with Crippen LogP contribution in [0.1, 0.15) is 0 Å². The van der Waals surface area contributed by atoms with Crippen LogP contribution >= 0.6 is 0 Å². The van der Waals surface area contributed by atoms with E-state index >= 15 is 0 Å². The molecule has 0 spiro atoms. The summed E-state index contributed by atoms with van der Waals surface area (Å²) >= 11 is -1.85. The Balaban J connectivity index is 2.73. The van der Waals surface area contributed by atoms with Crippen LogP contribution in [0.15, 0.2) is 0 Å². The molecule has 2 nitrogen and oxygen atoms in total.